The first kappa shape index (κ1) is 27.9. The van der Waals surface area contributed by atoms with Gasteiger partial charge in [-0.05, 0) is 62.4 Å². The Labute approximate surface area is 248 Å². The summed E-state index contributed by atoms with van der Waals surface area (Å²) in [7, 11) is 0. The number of rotatable bonds is 6. The zero-order valence-corrected chi connectivity index (χ0v) is 24.4. The third kappa shape index (κ3) is 4.45. The average molecular weight is 594 g/mol. The second-order valence-electron chi connectivity index (χ2n) is 10.8. The lowest BCUT2D eigenvalue weighted by molar-refractivity contribution is -0.141. The third-order valence-corrected chi connectivity index (χ3v) is 10.4. The number of likely N-dealkylation sites (tertiary alicyclic amines) is 1. The first-order valence-electron chi connectivity index (χ1n) is 13.9. The number of thioether (sulfide) groups is 1. The minimum absolute atomic E-state index is 0.149. The molecule has 1 N–H and O–H groups in total. The van der Waals surface area contributed by atoms with Gasteiger partial charge >= 0.3 is 0 Å². The number of hydrogen-bond donors (Lipinski definition) is 1. The summed E-state index contributed by atoms with van der Waals surface area (Å²) in [6, 6.07) is 12.9. The van der Waals surface area contributed by atoms with Crippen LogP contribution in [0.1, 0.15) is 13.8 Å². The summed E-state index contributed by atoms with van der Waals surface area (Å²) in [6.07, 6.45) is 7.88. The number of hydrogen-bond acceptors (Lipinski definition) is 6. The molecule has 1 unspecified atom stereocenters. The Balaban J connectivity index is 1.41. The van der Waals surface area contributed by atoms with Gasteiger partial charge in [0, 0.05) is 34.7 Å². The van der Waals surface area contributed by atoms with Crippen LogP contribution >= 0.6 is 23.4 Å². The van der Waals surface area contributed by atoms with E-state index in [4.69, 9.17) is 16.3 Å². The number of halogens is 1. The lowest BCUT2D eigenvalue weighted by Crippen LogP contribution is -2.56. The van der Waals surface area contributed by atoms with Crippen LogP contribution in [-0.4, -0.2) is 76.1 Å². The number of aliphatic hydroxyl groups is 1. The van der Waals surface area contributed by atoms with E-state index in [1.165, 1.54) is 16.7 Å². The first-order chi connectivity index (χ1) is 19.8. The van der Waals surface area contributed by atoms with Crippen molar-refractivity contribution >= 4 is 52.5 Å². The van der Waals surface area contributed by atoms with E-state index in [0.717, 1.165) is 11.4 Å². The molecule has 4 aliphatic rings. The molecule has 10 heteroatoms. The second-order valence-corrected chi connectivity index (χ2v) is 12.7. The topological polar surface area (TPSA) is 90.4 Å². The molecular formula is C31H32ClN3O5S. The number of carbonyl (C=O) groups excluding carboxylic acids is 3. The maximum atomic E-state index is 14.4. The van der Waals surface area contributed by atoms with Crippen molar-refractivity contribution in [2.45, 2.75) is 35.9 Å². The Bertz CT molecular complexity index is 1410. The number of carbonyl (C=O) groups is 3. The zero-order chi connectivity index (χ0) is 28.9. The van der Waals surface area contributed by atoms with Gasteiger partial charge in [0.15, 0.2) is 0 Å². The first-order valence-corrected chi connectivity index (χ1v) is 15.1. The number of anilines is 2. The number of ether oxygens (including phenoxy) is 1. The van der Waals surface area contributed by atoms with Crippen molar-refractivity contribution in [1.29, 1.82) is 0 Å². The predicted molar refractivity (Wildman–Crippen MR) is 160 cm³/mol. The highest BCUT2D eigenvalue weighted by molar-refractivity contribution is 8.02. The molecule has 2 fully saturated rings. The van der Waals surface area contributed by atoms with E-state index in [9.17, 15) is 19.5 Å². The molecule has 0 radical (unpaired) electrons. The molecule has 6 atom stereocenters. The summed E-state index contributed by atoms with van der Waals surface area (Å²) in [5.74, 6) is -1.38. The summed E-state index contributed by atoms with van der Waals surface area (Å²) >= 11 is 7.63. The van der Waals surface area contributed by atoms with Crippen molar-refractivity contribution in [3.05, 3.63) is 77.9 Å². The number of amides is 3. The highest BCUT2D eigenvalue weighted by Crippen LogP contribution is 2.61. The summed E-state index contributed by atoms with van der Waals surface area (Å²) in [5, 5.41) is 10.4. The number of fused-ring (bicyclic) bond motifs is 2. The van der Waals surface area contributed by atoms with Crippen LogP contribution in [-0.2, 0) is 14.4 Å². The van der Waals surface area contributed by atoms with Gasteiger partial charge in [-0.1, -0.05) is 35.9 Å². The quantitative estimate of drug-likeness (QED) is 0.511. The molecule has 4 heterocycles. The third-order valence-electron chi connectivity index (χ3n) is 8.43. The Morgan fingerprint density at radius 2 is 1.61 bits per heavy atom. The van der Waals surface area contributed by atoms with Crippen molar-refractivity contribution in [2.24, 2.45) is 11.8 Å². The smallest absolute Gasteiger partial charge is 0.251 e. The molecule has 2 aromatic rings. The molecule has 214 valence electrons. The zero-order valence-electron chi connectivity index (χ0n) is 22.9. The van der Waals surface area contributed by atoms with Crippen LogP contribution in [0.5, 0.6) is 5.75 Å². The van der Waals surface area contributed by atoms with Crippen molar-refractivity contribution in [3.63, 3.8) is 0 Å². The van der Waals surface area contributed by atoms with Crippen LogP contribution in [0.4, 0.5) is 11.4 Å². The SMILES string of the molecule is CCOc1ccc(N2CC=C[C@H]3S[C@]45C=CCN(c6ccc(Cl)cc6)C(=O)C4N([C@H](C)CO)C(=O)[C@@H]5[C@H]3C2=O)cc1. The van der Waals surface area contributed by atoms with Crippen molar-refractivity contribution in [2.75, 3.05) is 36.1 Å². The van der Waals surface area contributed by atoms with Gasteiger partial charge in [0.1, 0.15) is 11.8 Å². The highest BCUT2D eigenvalue weighted by atomic mass is 35.5. The van der Waals surface area contributed by atoms with E-state index in [1.807, 2.05) is 55.5 Å². The molecule has 0 saturated carbocycles. The Morgan fingerprint density at radius 1 is 0.976 bits per heavy atom. The Hall–Kier alpha value is -3.27. The predicted octanol–water partition coefficient (Wildman–Crippen LogP) is 3.92. The molecule has 4 aliphatic heterocycles. The van der Waals surface area contributed by atoms with Gasteiger partial charge in [-0.15, -0.1) is 11.8 Å². The second kappa shape index (κ2) is 10.9. The molecule has 0 bridgehead atoms. The van der Waals surface area contributed by atoms with E-state index >= 15 is 0 Å². The van der Waals surface area contributed by atoms with E-state index in [0.29, 0.717) is 30.4 Å². The van der Waals surface area contributed by atoms with Crippen LogP contribution in [0.2, 0.25) is 5.02 Å². The van der Waals surface area contributed by atoms with Gasteiger partial charge in [0.25, 0.3) is 5.91 Å². The minimum atomic E-state index is -0.962. The molecule has 41 heavy (non-hydrogen) atoms. The van der Waals surface area contributed by atoms with Gasteiger partial charge in [-0.3, -0.25) is 14.4 Å². The summed E-state index contributed by atoms with van der Waals surface area (Å²) in [4.78, 5) is 47.9. The fourth-order valence-corrected chi connectivity index (χ4v) is 8.73. The van der Waals surface area contributed by atoms with Crippen molar-refractivity contribution in [1.82, 2.24) is 4.90 Å². The van der Waals surface area contributed by atoms with Crippen molar-refractivity contribution < 1.29 is 24.2 Å². The van der Waals surface area contributed by atoms with E-state index in [1.54, 1.807) is 41.0 Å². The van der Waals surface area contributed by atoms with E-state index in [2.05, 4.69) is 0 Å². The molecule has 3 amide bonds. The van der Waals surface area contributed by atoms with Crippen LogP contribution in [0.15, 0.2) is 72.8 Å². The molecule has 1 spiro atoms. The summed E-state index contributed by atoms with van der Waals surface area (Å²) in [5.41, 5.74) is 1.39. The van der Waals surface area contributed by atoms with Gasteiger partial charge in [0.05, 0.1) is 35.8 Å². The monoisotopic (exact) mass is 593 g/mol. The maximum absolute atomic E-state index is 14.4. The normalized spacial score (nSPS) is 29.7. The van der Waals surface area contributed by atoms with E-state index < -0.39 is 28.7 Å². The molecular weight excluding hydrogens is 562 g/mol. The van der Waals surface area contributed by atoms with Crippen LogP contribution in [0.3, 0.4) is 0 Å². The molecule has 0 aliphatic carbocycles. The summed E-state index contributed by atoms with van der Waals surface area (Å²) < 4.78 is 4.61. The fraction of sp³-hybridized carbons (Fsp3) is 0.387. The van der Waals surface area contributed by atoms with Crippen molar-refractivity contribution in [3.8, 4) is 5.75 Å². The summed E-state index contributed by atoms with van der Waals surface area (Å²) in [6.45, 7) is 4.60. The molecule has 0 aromatic heterocycles. The molecule has 2 aromatic carbocycles. The largest absolute Gasteiger partial charge is 0.494 e. The van der Waals surface area contributed by atoms with Crippen LogP contribution in [0, 0.1) is 11.8 Å². The Morgan fingerprint density at radius 3 is 2.27 bits per heavy atom. The number of aliphatic hydroxyl groups excluding tert-OH is 1. The fourth-order valence-electron chi connectivity index (χ4n) is 6.61. The van der Waals surface area contributed by atoms with Gasteiger partial charge in [0.2, 0.25) is 11.8 Å². The molecule has 6 rings (SSSR count). The molecule has 2 saturated heterocycles. The van der Waals surface area contributed by atoms with Crippen LogP contribution < -0.4 is 14.5 Å². The van der Waals surface area contributed by atoms with Gasteiger partial charge < -0.3 is 24.5 Å². The van der Waals surface area contributed by atoms with E-state index in [-0.39, 0.29) is 29.6 Å². The highest BCUT2D eigenvalue weighted by Gasteiger charge is 2.71. The number of benzene rings is 2. The Kier molecular flexibility index (Phi) is 7.38. The lowest BCUT2D eigenvalue weighted by atomic mass is 9.78. The van der Waals surface area contributed by atoms with Gasteiger partial charge in [-0.25, -0.2) is 0 Å². The minimum Gasteiger partial charge on any atom is -0.494 e. The average Bonchev–Trinajstić information content (AvgIpc) is 3.30. The maximum Gasteiger partial charge on any atom is 0.251 e. The molecule has 8 nitrogen and oxygen atoms in total. The van der Waals surface area contributed by atoms with Gasteiger partial charge in [-0.2, -0.15) is 0 Å². The lowest BCUT2D eigenvalue weighted by Gasteiger charge is -2.37. The standard InChI is InChI=1S/C31H32ClN3O5S/c1-3-40-23-13-11-22(12-14-23)33-16-4-6-24-25(28(33)37)26-29(38)35(19(2)18-36)27-30(39)34(17-5-15-31(26,27)41-24)21-9-7-20(32)8-10-21/h4-15,19,24-27,36H,3,16-18H2,1-2H3/t19-,24-,25+,26+,27?,31+/m1/s1. The number of nitrogens with zero attached hydrogens (tertiary/aromatic N) is 3. The van der Waals surface area contributed by atoms with Crippen LogP contribution in [0.25, 0.3) is 0 Å².